The fraction of sp³-hybridized carbons (Fsp3) is 0.0625. The molecule has 3 aromatic rings. The first kappa shape index (κ1) is 12.1. The molecule has 0 aliphatic rings. The van der Waals surface area contributed by atoms with Crippen LogP contribution in [0.1, 0.15) is 0 Å². The van der Waals surface area contributed by atoms with Crippen LogP contribution in [-0.2, 0) is 0 Å². The van der Waals surface area contributed by atoms with E-state index in [4.69, 9.17) is 0 Å². The van der Waals surface area contributed by atoms with Gasteiger partial charge in [0, 0.05) is 28.5 Å². The molecule has 1 aromatic heterocycles. The lowest BCUT2D eigenvalue weighted by Gasteiger charge is -2.08. The van der Waals surface area contributed by atoms with Crippen LogP contribution >= 0.6 is 11.8 Å². The molecule has 3 heteroatoms. The molecule has 0 spiro atoms. The third kappa shape index (κ3) is 2.42. The summed E-state index contributed by atoms with van der Waals surface area (Å²) in [5.74, 6) is 0.971. The van der Waals surface area contributed by atoms with Gasteiger partial charge in [-0.25, -0.2) is 4.98 Å². The van der Waals surface area contributed by atoms with Crippen molar-refractivity contribution in [2.45, 2.75) is 4.90 Å². The van der Waals surface area contributed by atoms with Gasteiger partial charge in [0.1, 0.15) is 5.82 Å². The second-order valence-electron chi connectivity index (χ2n) is 4.18. The molecule has 1 heterocycles. The van der Waals surface area contributed by atoms with Crippen LogP contribution < -0.4 is 0 Å². The van der Waals surface area contributed by atoms with E-state index in [9.17, 15) is 0 Å². The number of para-hydroxylation sites is 1. The van der Waals surface area contributed by atoms with Crippen molar-refractivity contribution in [2.24, 2.45) is 0 Å². The van der Waals surface area contributed by atoms with Crippen molar-refractivity contribution < 1.29 is 0 Å². The van der Waals surface area contributed by atoms with Crippen LogP contribution in [0.25, 0.3) is 17.1 Å². The number of aromatic nitrogens is 2. The lowest BCUT2D eigenvalue weighted by Crippen LogP contribution is -1.95. The summed E-state index contributed by atoms with van der Waals surface area (Å²) in [6.07, 6.45) is 5.91. The predicted octanol–water partition coefficient (Wildman–Crippen LogP) is 4.26. The summed E-state index contributed by atoms with van der Waals surface area (Å²) in [4.78, 5) is 5.74. The molecular weight excluding hydrogens is 252 g/mol. The highest BCUT2D eigenvalue weighted by atomic mass is 32.2. The fourth-order valence-electron chi connectivity index (χ4n) is 2.05. The summed E-state index contributed by atoms with van der Waals surface area (Å²) in [5, 5.41) is 0. The standard InChI is InChI=1S/C16H14N2S/c1-19-15-9-7-13(8-10-15)16-17-11-12-18(16)14-5-3-2-4-6-14/h2-12H,1H3. The molecule has 19 heavy (non-hydrogen) atoms. The highest BCUT2D eigenvalue weighted by Gasteiger charge is 2.07. The second kappa shape index (κ2) is 5.33. The molecule has 0 amide bonds. The Kier molecular flexibility index (Phi) is 3.38. The average molecular weight is 266 g/mol. The summed E-state index contributed by atoms with van der Waals surface area (Å²) < 4.78 is 2.11. The zero-order chi connectivity index (χ0) is 13.1. The number of nitrogens with zero attached hydrogens (tertiary/aromatic N) is 2. The van der Waals surface area contributed by atoms with Crippen LogP contribution in [0.2, 0.25) is 0 Å². The first-order valence-electron chi connectivity index (χ1n) is 6.11. The molecule has 0 fully saturated rings. The fourth-order valence-corrected chi connectivity index (χ4v) is 2.46. The van der Waals surface area contributed by atoms with Crippen molar-refractivity contribution in [1.29, 1.82) is 0 Å². The quantitative estimate of drug-likeness (QED) is 0.659. The average Bonchev–Trinajstić information content (AvgIpc) is 2.98. The van der Waals surface area contributed by atoms with E-state index in [0.29, 0.717) is 0 Å². The number of rotatable bonds is 3. The van der Waals surface area contributed by atoms with Gasteiger partial charge >= 0.3 is 0 Å². The van der Waals surface area contributed by atoms with Gasteiger partial charge in [-0.2, -0.15) is 0 Å². The second-order valence-corrected chi connectivity index (χ2v) is 5.06. The van der Waals surface area contributed by atoms with Gasteiger partial charge in [0.15, 0.2) is 0 Å². The number of thioether (sulfide) groups is 1. The van der Waals surface area contributed by atoms with Crippen LogP contribution in [0.4, 0.5) is 0 Å². The highest BCUT2D eigenvalue weighted by molar-refractivity contribution is 7.98. The van der Waals surface area contributed by atoms with Crippen molar-refractivity contribution in [2.75, 3.05) is 6.26 Å². The predicted molar refractivity (Wildman–Crippen MR) is 80.8 cm³/mol. The summed E-state index contributed by atoms with van der Waals surface area (Å²) in [6.45, 7) is 0. The van der Waals surface area contributed by atoms with Crippen molar-refractivity contribution in [1.82, 2.24) is 9.55 Å². The molecule has 0 saturated heterocycles. The summed E-state index contributed by atoms with van der Waals surface area (Å²) >= 11 is 1.75. The number of imidazole rings is 1. The van der Waals surface area contributed by atoms with Gasteiger partial charge in [-0.3, -0.25) is 4.57 Å². The number of benzene rings is 2. The Balaban J connectivity index is 2.04. The summed E-state index contributed by atoms with van der Waals surface area (Å²) in [5.41, 5.74) is 2.26. The highest BCUT2D eigenvalue weighted by Crippen LogP contribution is 2.24. The normalized spacial score (nSPS) is 10.6. The van der Waals surface area contributed by atoms with Crippen molar-refractivity contribution in [3.8, 4) is 17.1 Å². The minimum atomic E-state index is 0.971. The molecule has 0 atom stereocenters. The van der Waals surface area contributed by atoms with Crippen LogP contribution in [-0.4, -0.2) is 15.8 Å². The van der Waals surface area contributed by atoms with Gasteiger partial charge in [-0.05, 0) is 30.5 Å². The third-order valence-electron chi connectivity index (χ3n) is 3.02. The molecule has 0 radical (unpaired) electrons. The molecule has 0 aliphatic heterocycles. The lowest BCUT2D eigenvalue weighted by atomic mass is 10.2. The van der Waals surface area contributed by atoms with E-state index in [0.717, 1.165) is 17.1 Å². The van der Waals surface area contributed by atoms with Crippen molar-refractivity contribution in [3.05, 3.63) is 67.0 Å². The smallest absolute Gasteiger partial charge is 0.144 e. The summed E-state index contributed by atoms with van der Waals surface area (Å²) in [6, 6.07) is 18.8. The zero-order valence-corrected chi connectivity index (χ0v) is 11.5. The van der Waals surface area contributed by atoms with Crippen LogP contribution in [0.3, 0.4) is 0 Å². The van der Waals surface area contributed by atoms with Crippen molar-refractivity contribution in [3.63, 3.8) is 0 Å². The van der Waals surface area contributed by atoms with E-state index in [-0.39, 0.29) is 0 Å². The van der Waals surface area contributed by atoms with Gasteiger partial charge in [-0.1, -0.05) is 30.3 Å². The Morgan fingerprint density at radius 2 is 1.68 bits per heavy atom. The largest absolute Gasteiger partial charge is 0.300 e. The molecular formula is C16H14N2S. The van der Waals surface area contributed by atoms with Gasteiger partial charge in [0.25, 0.3) is 0 Å². The number of hydrogen-bond acceptors (Lipinski definition) is 2. The monoisotopic (exact) mass is 266 g/mol. The zero-order valence-electron chi connectivity index (χ0n) is 10.7. The molecule has 0 unspecified atom stereocenters. The van der Waals surface area contributed by atoms with E-state index >= 15 is 0 Å². The van der Waals surface area contributed by atoms with E-state index < -0.39 is 0 Å². The maximum atomic E-state index is 4.47. The van der Waals surface area contributed by atoms with Gasteiger partial charge < -0.3 is 0 Å². The van der Waals surface area contributed by atoms with Crippen molar-refractivity contribution >= 4 is 11.8 Å². The molecule has 0 N–H and O–H groups in total. The Morgan fingerprint density at radius 1 is 0.947 bits per heavy atom. The third-order valence-corrected chi connectivity index (χ3v) is 3.77. The Bertz CT molecular complexity index is 657. The van der Waals surface area contributed by atoms with Crippen LogP contribution in [0.5, 0.6) is 0 Å². The Hall–Kier alpha value is -2.00. The number of hydrogen-bond donors (Lipinski definition) is 0. The molecule has 94 valence electrons. The first-order valence-corrected chi connectivity index (χ1v) is 7.34. The Labute approximate surface area is 117 Å². The van der Waals surface area contributed by atoms with Gasteiger partial charge in [-0.15, -0.1) is 11.8 Å². The SMILES string of the molecule is CSc1ccc(-c2nccn2-c2ccccc2)cc1. The van der Waals surface area contributed by atoms with E-state index in [1.807, 2.05) is 30.6 Å². The topological polar surface area (TPSA) is 17.8 Å². The summed E-state index contributed by atoms with van der Waals surface area (Å²) in [7, 11) is 0. The molecule has 0 aliphatic carbocycles. The first-order chi connectivity index (χ1) is 9.38. The van der Waals surface area contributed by atoms with Crippen LogP contribution in [0.15, 0.2) is 71.9 Å². The molecule has 2 aromatic carbocycles. The maximum Gasteiger partial charge on any atom is 0.144 e. The molecule has 0 saturated carbocycles. The minimum absolute atomic E-state index is 0.971. The molecule has 3 rings (SSSR count). The van der Waals surface area contributed by atoms with E-state index in [2.05, 4.69) is 52.2 Å². The lowest BCUT2D eigenvalue weighted by molar-refractivity contribution is 1.07. The van der Waals surface area contributed by atoms with Gasteiger partial charge in [0.2, 0.25) is 0 Å². The van der Waals surface area contributed by atoms with E-state index in [1.54, 1.807) is 11.8 Å². The van der Waals surface area contributed by atoms with Gasteiger partial charge in [0.05, 0.1) is 0 Å². The molecule has 2 nitrogen and oxygen atoms in total. The van der Waals surface area contributed by atoms with Crippen LogP contribution in [0, 0.1) is 0 Å². The maximum absolute atomic E-state index is 4.47. The minimum Gasteiger partial charge on any atom is -0.300 e. The van der Waals surface area contributed by atoms with E-state index in [1.165, 1.54) is 4.90 Å². The molecule has 0 bridgehead atoms. The Morgan fingerprint density at radius 3 is 2.37 bits per heavy atom.